The molecule has 3 amide bonds. The number of rotatable bonds is 3. The van der Waals surface area contributed by atoms with Crippen molar-refractivity contribution in [2.24, 2.45) is 0 Å². The number of thiocarbonyl (C=S) groups is 1. The maximum absolute atomic E-state index is 12.4. The highest BCUT2D eigenvalue weighted by Gasteiger charge is 2.31. The Kier molecular flexibility index (Phi) is 5.68. The maximum Gasteiger partial charge on any atom is 0.261 e. The number of hydrogen-bond acceptors (Lipinski definition) is 4. The Bertz CT molecular complexity index is 917. The second-order valence-electron chi connectivity index (χ2n) is 5.75. The highest BCUT2D eigenvalue weighted by molar-refractivity contribution is 7.80. The van der Waals surface area contributed by atoms with Gasteiger partial charge in [0.2, 0.25) is 5.91 Å². The minimum atomic E-state index is -0.573. The van der Waals surface area contributed by atoms with Crippen molar-refractivity contribution in [1.29, 1.82) is 0 Å². The van der Waals surface area contributed by atoms with Gasteiger partial charge in [-0.1, -0.05) is 29.8 Å². The number of imide groups is 1. The molecular formula is C18H15ClN4O3S. The molecule has 1 aliphatic rings. The molecule has 3 rings (SSSR count). The number of halogens is 1. The lowest BCUT2D eigenvalue weighted by atomic mass is 9.98. The first-order chi connectivity index (χ1) is 12.9. The van der Waals surface area contributed by atoms with Gasteiger partial charge in [0.1, 0.15) is 6.54 Å². The Hall–Kier alpha value is -2.97. The molecule has 2 aromatic carbocycles. The molecule has 2 aromatic rings. The van der Waals surface area contributed by atoms with Crippen molar-refractivity contribution in [3.63, 3.8) is 0 Å². The van der Waals surface area contributed by atoms with E-state index < -0.39 is 24.3 Å². The van der Waals surface area contributed by atoms with Gasteiger partial charge in [-0.2, -0.15) is 0 Å². The summed E-state index contributed by atoms with van der Waals surface area (Å²) in [5.41, 5.74) is 6.66. The minimum Gasteiger partial charge on any atom is -0.331 e. The van der Waals surface area contributed by atoms with Crippen molar-refractivity contribution in [3.05, 3.63) is 64.7 Å². The summed E-state index contributed by atoms with van der Waals surface area (Å²) in [4.78, 5) is 37.6. The van der Waals surface area contributed by atoms with E-state index in [2.05, 4.69) is 16.2 Å². The molecule has 1 aliphatic heterocycles. The summed E-state index contributed by atoms with van der Waals surface area (Å²) < 4.78 is 0. The molecule has 0 radical (unpaired) electrons. The number of nitrogens with zero attached hydrogens (tertiary/aromatic N) is 1. The summed E-state index contributed by atoms with van der Waals surface area (Å²) in [6, 6.07) is 13.7. The number of anilines is 1. The monoisotopic (exact) mass is 402 g/mol. The zero-order chi connectivity index (χ0) is 19.4. The Morgan fingerprint density at radius 1 is 1.07 bits per heavy atom. The largest absolute Gasteiger partial charge is 0.331 e. The third-order valence-corrected chi connectivity index (χ3v) is 4.31. The van der Waals surface area contributed by atoms with E-state index in [1.165, 1.54) is 0 Å². The number of carbonyl (C=O) groups excluding carboxylic acids is 3. The van der Waals surface area contributed by atoms with Crippen molar-refractivity contribution in [2.45, 2.75) is 6.42 Å². The van der Waals surface area contributed by atoms with Crippen molar-refractivity contribution < 1.29 is 14.4 Å². The van der Waals surface area contributed by atoms with Crippen LogP contribution >= 0.6 is 23.8 Å². The number of nitrogens with one attached hydrogen (secondary N) is 3. The third-order valence-electron chi connectivity index (χ3n) is 3.85. The summed E-state index contributed by atoms with van der Waals surface area (Å²) in [5, 5.41) is 3.59. The predicted molar refractivity (Wildman–Crippen MR) is 105 cm³/mol. The van der Waals surface area contributed by atoms with Gasteiger partial charge >= 0.3 is 0 Å². The molecule has 0 saturated heterocycles. The van der Waals surface area contributed by atoms with E-state index in [9.17, 15) is 14.4 Å². The molecule has 3 N–H and O–H groups in total. The highest BCUT2D eigenvalue weighted by Crippen LogP contribution is 2.19. The van der Waals surface area contributed by atoms with E-state index in [-0.39, 0.29) is 11.5 Å². The molecule has 27 heavy (non-hydrogen) atoms. The maximum atomic E-state index is 12.4. The van der Waals surface area contributed by atoms with Gasteiger partial charge in [0.15, 0.2) is 5.11 Å². The predicted octanol–water partition coefficient (Wildman–Crippen LogP) is 1.88. The van der Waals surface area contributed by atoms with E-state index in [0.717, 1.165) is 4.90 Å². The van der Waals surface area contributed by atoms with Crippen LogP contribution in [0.5, 0.6) is 0 Å². The Morgan fingerprint density at radius 3 is 2.52 bits per heavy atom. The van der Waals surface area contributed by atoms with Crippen molar-refractivity contribution in [1.82, 2.24) is 15.8 Å². The lowest BCUT2D eigenvalue weighted by molar-refractivity contribution is -0.133. The average molecular weight is 403 g/mol. The summed E-state index contributed by atoms with van der Waals surface area (Å²) in [6.45, 7) is -0.400. The molecule has 9 heteroatoms. The van der Waals surface area contributed by atoms with Crippen molar-refractivity contribution in [3.8, 4) is 0 Å². The fourth-order valence-electron chi connectivity index (χ4n) is 2.57. The van der Waals surface area contributed by atoms with Crippen LogP contribution in [-0.4, -0.2) is 34.3 Å². The molecular weight excluding hydrogens is 388 g/mol. The van der Waals surface area contributed by atoms with Crippen LogP contribution in [-0.2, 0) is 16.0 Å². The van der Waals surface area contributed by atoms with Gasteiger partial charge in [-0.25, -0.2) is 0 Å². The minimum absolute atomic E-state index is 0.0825. The van der Waals surface area contributed by atoms with Crippen LogP contribution in [0.1, 0.15) is 15.9 Å². The first-order valence-corrected chi connectivity index (χ1v) is 8.76. The molecule has 0 saturated carbocycles. The summed E-state index contributed by atoms with van der Waals surface area (Å²) >= 11 is 10.9. The summed E-state index contributed by atoms with van der Waals surface area (Å²) in [7, 11) is 0. The number of carbonyl (C=O) groups is 3. The van der Waals surface area contributed by atoms with E-state index in [1.807, 2.05) is 0 Å². The average Bonchev–Trinajstić information content (AvgIpc) is 2.65. The highest BCUT2D eigenvalue weighted by atomic mass is 35.5. The van der Waals surface area contributed by atoms with Gasteiger partial charge < -0.3 is 5.32 Å². The standard InChI is InChI=1S/C18H15ClN4O3S/c19-12-5-7-13(8-6-12)20-18(27)22-21-15(24)10-23-16(25)9-11-3-1-2-4-14(11)17(23)26/h1-8H,9-10H2,(H,21,24)(H2,20,22,27). The molecule has 7 nitrogen and oxygen atoms in total. The third kappa shape index (κ3) is 4.60. The van der Waals surface area contributed by atoms with Crippen LogP contribution in [0.2, 0.25) is 5.02 Å². The van der Waals surface area contributed by atoms with Crippen LogP contribution < -0.4 is 16.2 Å². The summed E-state index contributed by atoms with van der Waals surface area (Å²) in [5.74, 6) is -1.48. The van der Waals surface area contributed by atoms with E-state index in [0.29, 0.717) is 21.8 Å². The second-order valence-corrected chi connectivity index (χ2v) is 6.60. The van der Waals surface area contributed by atoms with Gasteiger partial charge in [-0.05, 0) is 48.1 Å². The summed E-state index contributed by atoms with van der Waals surface area (Å²) in [6.07, 6.45) is 0.0825. The first kappa shape index (κ1) is 18.8. The smallest absolute Gasteiger partial charge is 0.261 e. The first-order valence-electron chi connectivity index (χ1n) is 7.98. The number of hydrazine groups is 1. The van der Waals surface area contributed by atoms with Gasteiger partial charge in [-0.3, -0.25) is 30.1 Å². The van der Waals surface area contributed by atoms with Gasteiger partial charge in [0.25, 0.3) is 11.8 Å². The molecule has 0 atom stereocenters. The zero-order valence-electron chi connectivity index (χ0n) is 14.0. The molecule has 138 valence electrons. The van der Waals surface area contributed by atoms with Crippen molar-refractivity contribution >= 4 is 52.3 Å². The molecule has 0 aromatic heterocycles. The number of hydrogen-bond donors (Lipinski definition) is 3. The van der Waals surface area contributed by atoms with Crippen LogP contribution in [0.15, 0.2) is 48.5 Å². The molecule has 0 unspecified atom stereocenters. The second kappa shape index (κ2) is 8.15. The Morgan fingerprint density at radius 2 is 1.78 bits per heavy atom. The molecule has 0 spiro atoms. The van der Waals surface area contributed by atoms with Crippen molar-refractivity contribution in [2.75, 3.05) is 11.9 Å². The fraction of sp³-hybridized carbons (Fsp3) is 0.111. The van der Waals surface area contributed by atoms with Gasteiger partial charge in [-0.15, -0.1) is 0 Å². The number of benzene rings is 2. The topological polar surface area (TPSA) is 90.5 Å². The van der Waals surface area contributed by atoms with Crippen LogP contribution in [0.25, 0.3) is 0 Å². The quantitative estimate of drug-likeness (QED) is 0.412. The number of amides is 3. The normalized spacial score (nSPS) is 13.0. The fourth-order valence-corrected chi connectivity index (χ4v) is 2.86. The molecule has 0 fully saturated rings. The van der Waals surface area contributed by atoms with Gasteiger partial charge in [0.05, 0.1) is 6.42 Å². The Labute approximate surface area is 165 Å². The van der Waals surface area contributed by atoms with Crippen LogP contribution in [0.3, 0.4) is 0 Å². The van der Waals surface area contributed by atoms with Crippen LogP contribution in [0.4, 0.5) is 5.69 Å². The van der Waals surface area contributed by atoms with E-state index in [4.69, 9.17) is 23.8 Å². The van der Waals surface area contributed by atoms with Gasteiger partial charge in [0, 0.05) is 16.3 Å². The lowest BCUT2D eigenvalue weighted by Crippen LogP contribution is -2.51. The number of fused-ring (bicyclic) bond motifs is 1. The molecule has 0 bridgehead atoms. The SMILES string of the molecule is O=C(CN1C(=O)Cc2ccccc2C1=O)NNC(=S)Nc1ccc(Cl)cc1. The zero-order valence-corrected chi connectivity index (χ0v) is 15.6. The molecule has 1 heterocycles. The molecule has 0 aliphatic carbocycles. The van der Waals surface area contributed by atoms with E-state index in [1.54, 1.807) is 48.5 Å². The van der Waals surface area contributed by atoms with Crippen LogP contribution in [0, 0.1) is 0 Å². The lowest BCUT2D eigenvalue weighted by Gasteiger charge is -2.26. The Balaban J connectivity index is 1.53. The van der Waals surface area contributed by atoms with E-state index >= 15 is 0 Å².